The number of nitrogens with one attached hydrogen (secondary N) is 5. The number of fused-ring (bicyclic) bond motifs is 2. The number of amides is 7. The van der Waals surface area contributed by atoms with Crippen LogP contribution in [0.4, 0.5) is 0 Å². The molecular formula is C55H77N7O18. The van der Waals surface area contributed by atoms with Crippen LogP contribution in [0, 0.1) is 29.1 Å². The van der Waals surface area contributed by atoms with Crippen LogP contribution in [0.1, 0.15) is 101 Å². The first kappa shape index (κ1) is 60.1. The summed E-state index contributed by atoms with van der Waals surface area (Å²) in [6.07, 6.45) is -7.70. The summed E-state index contributed by atoms with van der Waals surface area (Å²) in [6.45, 7) is 3.94. The Labute approximate surface area is 462 Å². The molecule has 4 bridgehead atoms. The molecule has 0 aromatic heterocycles. The highest BCUT2D eigenvalue weighted by molar-refractivity contribution is 6.00. The van der Waals surface area contributed by atoms with Crippen molar-refractivity contribution in [2.24, 2.45) is 29.1 Å². The van der Waals surface area contributed by atoms with Crippen molar-refractivity contribution < 1.29 is 89.0 Å². The van der Waals surface area contributed by atoms with Crippen LogP contribution >= 0.6 is 0 Å². The lowest BCUT2D eigenvalue weighted by Gasteiger charge is -2.57. The van der Waals surface area contributed by atoms with Crippen molar-refractivity contribution in [2.45, 2.75) is 164 Å². The summed E-state index contributed by atoms with van der Waals surface area (Å²) in [7, 11) is 0. The second kappa shape index (κ2) is 25.4. The maximum Gasteiger partial charge on any atom is 0.251 e. The van der Waals surface area contributed by atoms with Gasteiger partial charge in [-0.05, 0) is 124 Å². The Hall–Kier alpha value is -6.03. The third-order valence-electron chi connectivity index (χ3n) is 17.0. The zero-order chi connectivity index (χ0) is 57.9. The summed E-state index contributed by atoms with van der Waals surface area (Å²) in [5, 5.41) is 111. The molecule has 25 nitrogen and oxygen atoms in total. The summed E-state index contributed by atoms with van der Waals surface area (Å²) in [4.78, 5) is 101. The Morgan fingerprint density at radius 3 is 1.85 bits per heavy atom. The topological polar surface area (TPSA) is 387 Å². The number of ether oxygens (including phenoxy) is 2. The minimum atomic E-state index is -2.29. The average molecular weight is 1120 g/mol. The van der Waals surface area contributed by atoms with Crippen LogP contribution in [0.15, 0.2) is 48.5 Å². The number of carbonyl (C=O) groups excluding carboxylic acids is 7. The molecule has 0 spiro atoms. The molecule has 2 aromatic rings. The quantitative estimate of drug-likeness (QED) is 0.0848. The van der Waals surface area contributed by atoms with E-state index in [4.69, 9.17) is 9.47 Å². The fourth-order valence-electron chi connectivity index (χ4n) is 13.2. The number of hydrogen-bond donors (Lipinski definition) is 14. The number of aliphatic hydroxyl groups is 8. The molecule has 7 aliphatic rings. The molecule has 4 aliphatic carbocycles. The molecule has 3 saturated heterocycles. The van der Waals surface area contributed by atoms with Gasteiger partial charge in [-0.25, -0.2) is 0 Å². The Kier molecular flexibility index (Phi) is 19.1. The van der Waals surface area contributed by atoms with Gasteiger partial charge in [0.05, 0.1) is 31.0 Å². The lowest BCUT2D eigenvalue weighted by atomic mass is 9.49. The van der Waals surface area contributed by atoms with E-state index in [0.717, 1.165) is 60.0 Å². The predicted molar refractivity (Wildman–Crippen MR) is 279 cm³/mol. The molecule has 2 aromatic carbocycles. The number of rotatable bonds is 14. The molecule has 14 N–H and O–H groups in total. The van der Waals surface area contributed by atoms with Gasteiger partial charge in [-0.1, -0.05) is 19.1 Å². The molecule has 0 radical (unpaired) electrons. The zero-order valence-electron chi connectivity index (χ0n) is 45.0. The van der Waals surface area contributed by atoms with Gasteiger partial charge in [-0.3, -0.25) is 33.6 Å². The van der Waals surface area contributed by atoms with Gasteiger partial charge in [0.1, 0.15) is 72.7 Å². The second-order valence-corrected chi connectivity index (χ2v) is 23.2. The molecular weight excluding hydrogens is 1050 g/mol. The van der Waals surface area contributed by atoms with Crippen LogP contribution in [-0.2, 0) is 33.5 Å². The summed E-state index contributed by atoms with van der Waals surface area (Å²) in [5.41, 5.74) is 0.307. The van der Waals surface area contributed by atoms with E-state index in [1.165, 1.54) is 81.8 Å². The van der Waals surface area contributed by atoms with Gasteiger partial charge < -0.3 is 91.8 Å². The summed E-state index contributed by atoms with van der Waals surface area (Å²) in [6, 6.07) is -1.10. The van der Waals surface area contributed by atoms with E-state index in [1.807, 2.05) is 0 Å². The first-order chi connectivity index (χ1) is 37.9. The lowest BCUT2D eigenvalue weighted by molar-refractivity contribution is -0.148. The minimum Gasteiger partial charge on any atom is -0.508 e. The largest absolute Gasteiger partial charge is 0.508 e. The number of benzene rings is 2. The predicted octanol–water partition coefficient (Wildman–Crippen LogP) is -2.83. The van der Waals surface area contributed by atoms with Crippen molar-refractivity contribution in [3.63, 3.8) is 0 Å². The smallest absolute Gasteiger partial charge is 0.251 e. The van der Waals surface area contributed by atoms with Crippen molar-refractivity contribution in [1.29, 1.82) is 0 Å². The van der Waals surface area contributed by atoms with Gasteiger partial charge in [-0.15, -0.1) is 0 Å². The number of carbonyl (C=O) groups is 7. The molecule has 440 valence electrons. The molecule has 7 amide bonds. The van der Waals surface area contributed by atoms with E-state index >= 15 is 0 Å². The van der Waals surface area contributed by atoms with Crippen LogP contribution in [-0.4, -0.2) is 209 Å². The zero-order valence-corrected chi connectivity index (χ0v) is 45.0. The SMILES string of the molecule is C[C@@H](O)[C@@H]1NC(=O)[C@H]([C@H](O)[C@@H](O)c2ccc(O)cc2)NC(=O)[C@@H]2C[C@@H](O)CN2C(=O)[C@H]([C@@H](C)O)NC(=O)[C@@H](NC(=O)c2ccc(OCCOCCC34CC5CC(CC(C5)C3)C4)cc2)C[C@@H](O)[C@@H](O)NC(=O)[C@@H]2[C@@H](O)[C@@H](C)CN2C1=O. The molecule has 15 atom stereocenters. The highest BCUT2D eigenvalue weighted by Crippen LogP contribution is 2.61. The highest BCUT2D eigenvalue weighted by Gasteiger charge is 2.52. The van der Waals surface area contributed by atoms with Crippen molar-refractivity contribution in [1.82, 2.24) is 36.4 Å². The number of aromatic hydroxyl groups is 1. The minimum absolute atomic E-state index is 0.0117. The Bertz CT molecular complexity index is 2520. The van der Waals surface area contributed by atoms with Crippen LogP contribution in [0.25, 0.3) is 0 Å². The van der Waals surface area contributed by atoms with Crippen LogP contribution < -0.4 is 31.3 Å². The summed E-state index contributed by atoms with van der Waals surface area (Å²) >= 11 is 0. The molecule has 0 unspecified atom stereocenters. The van der Waals surface area contributed by atoms with E-state index in [1.54, 1.807) is 0 Å². The van der Waals surface area contributed by atoms with Crippen molar-refractivity contribution in [3.05, 3.63) is 59.7 Å². The first-order valence-corrected chi connectivity index (χ1v) is 27.6. The number of nitrogens with zero attached hydrogens (tertiary/aromatic N) is 2. The van der Waals surface area contributed by atoms with Gasteiger partial charge in [0, 0.05) is 44.0 Å². The van der Waals surface area contributed by atoms with Gasteiger partial charge in [0.2, 0.25) is 35.4 Å². The monoisotopic (exact) mass is 1120 g/mol. The van der Waals surface area contributed by atoms with Crippen molar-refractivity contribution in [3.8, 4) is 11.5 Å². The van der Waals surface area contributed by atoms with E-state index in [-0.39, 0.29) is 30.0 Å². The van der Waals surface area contributed by atoms with Crippen molar-refractivity contribution >= 4 is 41.4 Å². The first-order valence-electron chi connectivity index (χ1n) is 27.6. The molecule has 7 fully saturated rings. The number of hydrogen-bond acceptors (Lipinski definition) is 18. The standard InChI is InChI=1S/C55H77N7O18/c1-26-24-62-43(44(26)68)52(76)60-50(74)39(67)20-37(56-47(71)33-6-10-36(11-7-33)80-15-14-79-13-12-55-21-29-16-30(22-55)18-31(17-29)23-55)48(72)57-40(27(2)63)53(77)61-25-35(66)19-38(61)49(73)59-42(51(75)58-41(28(3)64)54(62)78)46(70)45(69)32-4-8-34(65)9-5-32/h4-11,26-31,35,37-46,50,63-70,74H,12-25H2,1-3H3,(H,56,71)(H,57,72)(H,58,75)(H,59,73)(H,60,76)/t26-,27+,28+,29?,30?,31?,35+,37-,38-,39+,40-,41-,42-,43-,44-,45-,46-,50+,55?/m0/s1. The molecule has 25 heteroatoms. The average Bonchev–Trinajstić information content (AvgIpc) is 3.96. The number of phenols is 1. The van der Waals surface area contributed by atoms with Crippen LogP contribution in [0.2, 0.25) is 0 Å². The molecule has 9 rings (SSSR count). The van der Waals surface area contributed by atoms with Crippen molar-refractivity contribution in [2.75, 3.05) is 32.9 Å². The van der Waals surface area contributed by atoms with Crippen LogP contribution in [0.5, 0.6) is 11.5 Å². The highest BCUT2D eigenvalue weighted by atomic mass is 16.5. The fourth-order valence-corrected chi connectivity index (χ4v) is 13.2. The van der Waals surface area contributed by atoms with Gasteiger partial charge >= 0.3 is 0 Å². The van der Waals surface area contributed by atoms with E-state index in [9.17, 15) is 79.5 Å². The fraction of sp³-hybridized carbons (Fsp3) is 0.655. The Morgan fingerprint density at radius 2 is 1.25 bits per heavy atom. The van der Waals surface area contributed by atoms with Gasteiger partial charge in [-0.2, -0.15) is 0 Å². The second-order valence-electron chi connectivity index (χ2n) is 23.2. The lowest BCUT2D eigenvalue weighted by Crippen LogP contribution is -2.64. The van der Waals surface area contributed by atoms with E-state index < -0.39 is 152 Å². The molecule has 3 heterocycles. The Morgan fingerprint density at radius 1 is 0.675 bits per heavy atom. The van der Waals surface area contributed by atoms with Gasteiger partial charge in [0.15, 0.2) is 6.23 Å². The normalized spacial score (nSPS) is 34.9. The van der Waals surface area contributed by atoms with E-state index in [2.05, 4.69) is 26.6 Å². The summed E-state index contributed by atoms with van der Waals surface area (Å²) in [5.74, 6) is -6.48. The number of aliphatic hydroxyl groups excluding tert-OH is 8. The third-order valence-corrected chi connectivity index (χ3v) is 17.0. The Balaban J connectivity index is 1.02. The maximum atomic E-state index is 14.4. The molecule has 3 aliphatic heterocycles. The third kappa shape index (κ3) is 13.6. The number of phenolic OH excluding ortho intramolecular Hbond substituents is 1. The summed E-state index contributed by atoms with van der Waals surface area (Å²) < 4.78 is 11.9. The molecule has 4 saturated carbocycles. The van der Waals surface area contributed by atoms with Crippen LogP contribution in [0.3, 0.4) is 0 Å². The van der Waals surface area contributed by atoms with E-state index in [0.29, 0.717) is 24.4 Å². The maximum absolute atomic E-state index is 14.4. The van der Waals surface area contributed by atoms with Gasteiger partial charge in [0.25, 0.3) is 5.91 Å². The molecule has 80 heavy (non-hydrogen) atoms.